The van der Waals surface area contributed by atoms with Gasteiger partial charge in [-0.2, -0.15) is 0 Å². The summed E-state index contributed by atoms with van der Waals surface area (Å²) in [6.07, 6.45) is 0. The van der Waals surface area contributed by atoms with Gasteiger partial charge < -0.3 is 25.8 Å². The fourth-order valence-electron chi connectivity index (χ4n) is 2.09. The van der Waals surface area contributed by atoms with Crippen LogP contribution >= 0.6 is 0 Å². The van der Waals surface area contributed by atoms with Crippen molar-refractivity contribution in [3.05, 3.63) is 23.8 Å². The van der Waals surface area contributed by atoms with Crippen molar-refractivity contribution >= 4 is 11.8 Å². The number of carbonyl (C=O) groups is 2. The van der Waals surface area contributed by atoms with Crippen molar-refractivity contribution in [3.63, 3.8) is 0 Å². The van der Waals surface area contributed by atoms with Gasteiger partial charge in [0.05, 0.1) is 32.8 Å². The minimum Gasteiger partial charge on any atom is -0.493 e. The first-order chi connectivity index (χ1) is 11.3. The van der Waals surface area contributed by atoms with Crippen LogP contribution < -0.4 is 25.8 Å². The molecular formula is C17H27N3O4. The fraction of sp³-hybridized carbons (Fsp3) is 0.529. The number of rotatable bonds is 8. The van der Waals surface area contributed by atoms with E-state index in [0.29, 0.717) is 11.5 Å². The summed E-state index contributed by atoms with van der Waals surface area (Å²) in [5, 5.41) is 5.36. The molecule has 4 N–H and O–H groups in total. The highest BCUT2D eigenvalue weighted by Crippen LogP contribution is 2.29. The summed E-state index contributed by atoms with van der Waals surface area (Å²) in [6.45, 7) is 5.44. The molecule has 0 radical (unpaired) electrons. The zero-order chi connectivity index (χ0) is 18.3. The number of nitrogens with one attached hydrogen (secondary N) is 2. The smallest absolute Gasteiger partial charge is 0.239 e. The van der Waals surface area contributed by atoms with Gasteiger partial charge in [-0.15, -0.1) is 0 Å². The molecule has 24 heavy (non-hydrogen) atoms. The monoisotopic (exact) mass is 337 g/mol. The summed E-state index contributed by atoms with van der Waals surface area (Å²) in [5.74, 6) is 0.598. The lowest BCUT2D eigenvalue weighted by atomic mass is 10.1. The average Bonchev–Trinajstić information content (AvgIpc) is 2.57. The minimum atomic E-state index is -0.624. The highest BCUT2D eigenvalue weighted by Gasteiger charge is 2.18. The van der Waals surface area contributed by atoms with Crippen molar-refractivity contribution in [3.8, 4) is 11.5 Å². The largest absolute Gasteiger partial charge is 0.493 e. The SMILES string of the molecule is COc1ccc(C(C)NC(=O)CNC(=O)[C@@H](N)C(C)C)cc1OC. The van der Waals surface area contributed by atoms with Crippen LogP contribution in [-0.2, 0) is 9.59 Å². The van der Waals surface area contributed by atoms with Gasteiger partial charge in [0.25, 0.3) is 0 Å². The van der Waals surface area contributed by atoms with Crippen LogP contribution in [0.5, 0.6) is 11.5 Å². The number of carbonyl (C=O) groups excluding carboxylic acids is 2. The lowest BCUT2D eigenvalue weighted by Gasteiger charge is -2.18. The van der Waals surface area contributed by atoms with E-state index in [0.717, 1.165) is 5.56 Å². The van der Waals surface area contributed by atoms with E-state index in [1.54, 1.807) is 26.4 Å². The van der Waals surface area contributed by atoms with Gasteiger partial charge in [0.15, 0.2) is 11.5 Å². The molecule has 0 aliphatic carbocycles. The number of hydrogen-bond donors (Lipinski definition) is 3. The summed E-state index contributed by atoms with van der Waals surface area (Å²) in [4.78, 5) is 23.7. The number of methoxy groups -OCH3 is 2. The zero-order valence-corrected chi connectivity index (χ0v) is 14.9. The highest BCUT2D eigenvalue weighted by atomic mass is 16.5. The second kappa shape index (κ2) is 9.12. The van der Waals surface area contributed by atoms with Gasteiger partial charge in [-0.1, -0.05) is 19.9 Å². The predicted octanol–water partition coefficient (Wildman–Crippen LogP) is 0.981. The molecule has 1 aromatic rings. The van der Waals surface area contributed by atoms with Gasteiger partial charge in [0, 0.05) is 0 Å². The molecule has 7 nitrogen and oxygen atoms in total. The molecule has 0 aromatic heterocycles. The van der Waals surface area contributed by atoms with E-state index < -0.39 is 6.04 Å². The molecule has 0 aliphatic heterocycles. The van der Waals surface area contributed by atoms with Crippen LogP contribution in [0.25, 0.3) is 0 Å². The van der Waals surface area contributed by atoms with E-state index in [-0.39, 0.29) is 30.3 Å². The molecule has 1 unspecified atom stereocenters. The van der Waals surface area contributed by atoms with E-state index in [1.165, 1.54) is 0 Å². The van der Waals surface area contributed by atoms with E-state index in [9.17, 15) is 9.59 Å². The van der Waals surface area contributed by atoms with E-state index in [4.69, 9.17) is 15.2 Å². The molecule has 1 rings (SSSR count). The van der Waals surface area contributed by atoms with Crippen molar-refractivity contribution in [1.82, 2.24) is 10.6 Å². The molecule has 2 amide bonds. The molecule has 0 aliphatic rings. The number of benzene rings is 1. The van der Waals surface area contributed by atoms with Gasteiger partial charge in [-0.3, -0.25) is 9.59 Å². The molecule has 7 heteroatoms. The molecule has 0 fully saturated rings. The van der Waals surface area contributed by atoms with Crippen molar-refractivity contribution in [2.45, 2.75) is 32.9 Å². The van der Waals surface area contributed by atoms with Gasteiger partial charge in [-0.25, -0.2) is 0 Å². The lowest BCUT2D eigenvalue weighted by Crippen LogP contribution is -2.47. The third-order valence-corrected chi connectivity index (χ3v) is 3.73. The number of ether oxygens (including phenoxy) is 2. The van der Waals surface area contributed by atoms with Crippen molar-refractivity contribution < 1.29 is 19.1 Å². The predicted molar refractivity (Wildman–Crippen MR) is 91.9 cm³/mol. The Kier molecular flexibility index (Phi) is 7.51. The molecule has 0 spiro atoms. The number of nitrogens with two attached hydrogens (primary N) is 1. The maximum atomic E-state index is 12.0. The molecule has 0 bridgehead atoms. The Morgan fingerprint density at radius 3 is 2.29 bits per heavy atom. The van der Waals surface area contributed by atoms with E-state index in [2.05, 4.69) is 10.6 Å². The third-order valence-electron chi connectivity index (χ3n) is 3.73. The normalized spacial score (nSPS) is 13.1. The molecule has 134 valence electrons. The number of amides is 2. The molecular weight excluding hydrogens is 310 g/mol. The fourth-order valence-corrected chi connectivity index (χ4v) is 2.09. The Morgan fingerprint density at radius 2 is 1.75 bits per heavy atom. The summed E-state index contributed by atoms with van der Waals surface area (Å²) in [5.41, 5.74) is 6.60. The van der Waals surface area contributed by atoms with Crippen LogP contribution in [0.3, 0.4) is 0 Å². The first-order valence-corrected chi connectivity index (χ1v) is 7.84. The quantitative estimate of drug-likeness (QED) is 0.656. The van der Waals surface area contributed by atoms with Crippen molar-refractivity contribution in [1.29, 1.82) is 0 Å². The second-order valence-corrected chi connectivity index (χ2v) is 5.89. The summed E-state index contributed by atoms with van der Waals surface area (Å²) >= 11 is 0. The van der Waals surface area contributed by atoms with Crippen LogP contribution in [0.1, 0.15) is 32.4 Å². The Hall–Kier alpha value is -2.28. The maximum absolute atomic E-state index is 12.0. The summed E-state index contributed by atoms with van der Waals surface area (Å²) < 4.78 is 10.4. The zero-order valence-electron chi connectivity index (χ0n) is 14.9. The Morgan fingerprint density at radius 1 is 1.12 bits per heavy atom. The topological polar surface area (TPSA) is 103 Å². The first kappa shape index (κ1) is 19.8. The second-order valence-electron chi connectivity index (χ2n) is 5.89. The van der Waals surface area contributed by atoms with Gasteiger partial charge in [0.1, 0.15) is 0 Å². The average molecular weight is 337 g/mol. The summed E-state index contributed by atoms with van der Waals surface area (Å²) in [7, 11) is 3.12. The van der Waals surface area contributed by atoms with E-state index >= 15 is 0 Å². The minimum absolute atomic E-state index is 0.0127. The Balaban J connectivity index is 2.59. The third kappa shape index (κ3) is 5.42. The molecule has 0 saturated heterocycles. The number of hydrogen-bond acceptors (Lipinski definition) is 5. The van der Waals surface area contributed by atoms with Crippen LogP contribution in [0.4, 0.5) is 0 Å². The molecule has 0 saturated carbocycles. The molecule has 1 aromatic carbocycles. The highest BCUT2D eigenvalue weighted by molar-refractivity contribution is 5.87. The Bertz CT molecular complexity index is 575. The van der Waals surface area contributed by atoms with Gasteiger partial charge >= 0.3 is 0 Å². The van der Waals surface area contributed by atoms with Crippen LogP contribution in [0.15, 0.2) is 18.2 Å². The maximum Gasteiger partial charge on any atom is 0.239 e. The lowest BCUT2D eigenvalue weighted by molar-refractivity contribution is -0.127. The molecule has 0 heterocycles. The van der Waals surface area contributed by atoms with Gasteiger partial charge in [-0.05, 0) is 30.5 Å². The van der Waals surface area contributed by atoms with Crippen molar-refractivity contribution in [2.24, 2.45) is 11.7 Å². The standard InChI is InChI=1S/C17H27N3O4/c1-10(2)16(18)17(22)19-9-15(21)20-11(3)12-6-7-13(23-4)14(8-12)24-5/h6-8,10-11,16H,9,18H2,1-5H3,(H,19,22)(H,20,21)/t11?,16-/m0/s1. The van der Waals surface area contributed by atoms with E-state index in [1.807, 2.05) is 26.8 Å². The molecule has 2 atom stereocenters. The first-order valence-electron chi connectivity index (χ1n) is 7.84. The summed E-state index contributed by atoms with van der Waals surface area (Å²) in [6, 6.07) is 4.56. The van der Waals surface area contributed by atoms with Gasteiger partial charge in [0.2, 0.25) is 11.8 Å². The van der Waals surface area contributed by atoms with Crippen LogP contribution in [0.2, 0.25) is 0 Å². The van der Waals surface area contributed by atoms with Crippen LogP contribution in [-0.4, -0.2) is 38.6 Å². The Labute approximate surface area is 142 Å². The van der Waals surface area contributed by atoms with Crippen LogP contribution in [0, 0.1) is 5.92 Å². The van der Waals surface area contributed by atoms with Crippen molar-refractivity contribution in [2.75, 3.05) is 20.8 Å².